The number of unbranched alkanes of at least 4 members (excludes halogenated alkanes) is 5. The molecule has 0 aliphatic rings. The zero-order chi connectivity index (χ0) is 19.9. The van der Waals surface area contributed by atoms with Crippen molar-refractivity contribution in [2.45, 2.75) is 91.1 Å². The fraction of sp³-hybridized carbons (Fsp3) is 0.652. The summed E-state index contributed by atoms with van der Waals surface area (Å²) in [5, 5.41) is 0. The van der Waals surface area contributed by atoms with Gasteiger partial charge in [-0.15, -0.1) is 0 Å². The minimum absolute atomic E-state index is 0.0545. The molecule has 1 rings (SSSR count). The molecule has 1 atom stereocenters. The van der Waals surface area contributed by atoms with Crippen LogP contribution in [-0.4, -0.2) is 24.6 Å². The van der Waals surface area contributed by atoms with E-state index in [0.29, 0.717) is 17.7 Å². The van der Waals surface area contributed by atoms with Gasteiger partial charge >= 0.3 is 11.9 Å². The van der Waals surface area contributed by atoms with Crippen LogP contribution in [0.1, 0.15) is 106 Å². The fourth-order valence-corrected chi connectivity index (χ4v) is 2.96. The quantitative estimate of drug-likeness (QED) is 0.281. The Kier molecular flexibility index (Phi) is 12.2. The van der Waals surface area contributed by atoms with E-state index in [0.717, 1.165) is 44.9 Å². The average Bonchev–Trinajstić information content (AvgIpc) is 2.68. The molecule has 0 aliphatic heterocycles. The molecule has 0 spiro atoms. The topological polar surface area (TPSA) is 52.6 Å². The van der Waals surface area contributed by atoms with Gasteiger partial charge in [-0.2, -0.15) is 0 Å². The third-order valence-corrected chi connectivity index (χ3v) is 4.58. The van der Waals surface area contributed by atoms with Crippen LogP contribution in [0.4, 0.5) is 0 Å². The second kappa shape index (κ2) is 14.2. The third kappa shape index (κ3) is 9.60. The molecular formula is C23H36O4. The second-order valence-corrected chi connectivity index (χ2v) is 7.09. The van der Waals surface area contributed by atoms with Crippen LogP contribution in [0.3, 0.4) is 0 Å². The molecule has 1 unspecified atom stereocenters. The van der Waals surface area contributed by atoms with Crippen LogP contribution in [-0.2, 0) is 9.47 Å². The van der Waals surface area contributed by atoms with Gasteiger partial charge in [0.2, 0.25) is 0 Å². The first-order valence-electron chi connectivity index (χ1n) is 10.6. The van der Waals surface area contributed by atoms with Crippen molar-refractivity contribution in [1.82, 2.24) is 0 Å². The highest BCUT2D eigenvalue weighted by atomic mass is 16.5. The standard InChI is InChI=1S/C23H36O4/c1-4-7-9-10-11-17-26-22(24)19-14-12-15-20(18-19)23(25)27-21(13-6-3)16-8-5-2/h12,14-15,18,21H,4-11,13,16-17H2,1-3H3. The van der Waals surface area contributed by atoms with Gasteiger partial charge < -0.3 is 9.47 Å². The number of hydrogen-bond acceptors (Lipinski definition) is 4. The molecular weight excluding hydrogens is 340 g/mol. The van der Waals surface area contributed by atoms with Gasteiger partial charge in [0.05, 0.1) is 17.7 Å². The summed E-state index contributed by atoms with van der Waals surface area (Å²) in [4.78, 5) is 24.7. The highest BCUT2D eigenvalue weighted by molar-refractivity contribution is 5.95. The lowest BCUT2D eigenvalue weighted by Crippen LogP contribution is -2.18. The van der Waals surface area contributed by atoms with E-state index >= 15 is 0 Å². The monoisotopic (exact) mass is 376 g/mol. The van der Waals surface area contributed by atoms with Crippen LogP contribution in [0.2, 0.25) is 0 Å². The number of esters is 2. The summed E-state index contributed by atoms with van der Waals surface area (Å²) in [7, 11) is 0. The minimum Gasteiger partial charge on any atom is -0.462 e. The number of carbonyl (C=O) groups excluding carboxylic acids is 2. The normalized spacial score (nSPS) is 11.8. The van der Waals surface area contributed by atoms with Crippen molar-refractivity contribution in [3.8, 4) is 0 Å². The molecule has 0 saturated carbocycles. The van der Waals surface area contributed by atoms with Gasteiger partial charge in [0.1, 0.15) is 6.10 Å². The zero-order valence-corrected chi connectivity index (χ0v) is 17.3. The first-order valence-corrected chi connectivity index (χ1v) is 10.6. The lowest BCUT2D eigenvalue weighted by atomic mass is 10.1. The fourth-order valence-electron chi connectivity index (χ4n) is 2.96. The molecule has 0 amide bonds. The molecule has 0 N–H and O–H groups in total. The first kappa shape index (κ1) is 23.2. The predicted molar refractivity (Wildman–Crippen MR) is 109 cm³/mol. The lowest BCUT2D eigenvalue weighted by molar-refractivity contribution is 0.0255. The molecule has 0 aromatic heterocycles. The van der Waals surface area contributed by atoms with Crippen LogP contribution >= 0.6 is 0 Å². The second-order valence-electron chi connectivity index (χ2n) is 7.09. The third-order valence-electron chi connectivity index (χ3n) is 4.58. The summed E-state index contributed by atoms with van der Waals surface area (Å²) in [6.45, 7) is 6.81. The van der Waals surface area contributed by atoms with E-state index in [1.165, 1.54) is 19.3 Å². The van der Waals surface area contributed by atoms with Crippen molar-refractivity contribution in [3.63, 3.8) is 0 Å². The van der Waals surface area contributed by atoms with Crippen molar-refractivity contribution in [1.29, 1.82) is 0 Å². The minimum atomic E-state index is -0.378. The molecule has 0 aliphatic carbocycles. The molecule has 1 aromatic rings. The van der Waals surface area contributed by atoms with Gasteiger partial charge in [-0.05, 0) is 37.5 Å². The molecule has 4 heteroatoms. The Morgan fingerprint density at radius 2 is 1.48 bits per heavy atom. The molecule has 0 radical (unpaired) electrons. The number of ether oxygens (including phenoxy) is 2. The molecule has 0 bridgehead atoms. The first-order chi connectivity index (χ1) is 13.1. The molecule has 152 valence electrons. The largest absolute Gasteiger partial charge is 0.462 e. The summed E-state index contributed by atoms with van der Waals surface area (Å²) in [6.07, 6.45) is 10.3. The van der Waals surface area contributed by atoms with E-state index in [9.17, 15) is 9.59 Å². The van der Waals surface area contributed by atoms with Gasteiger partial charge in [-0.1, -0.05) is 71.8 Å². The van der Waals surface area contributed by atoms with Gasteiger partial charge in [0.15, 0.2) is 0 Å². The van der Waals surface area contributed by atoms with E-state index in [1.807, 2.05) is 0 Å². The maximum atomic E-state index is 12.5. The summed E-state index contributed by atoms with van der Waals surface area (Å²) < 4.78 is 11.0. The van der Waals surface area contributed by atoms with E-state index in [1.54, 1.807) is 24.3 Å². The van der Waals surface area contributed by atoms with E-state index in [4.69, 9.17) is 9.47 Å². The zero-order valence-electron chi connectivity index (χ0n) is 17.3. The SMILES string of the molecule is CCCCCCCOC(=O)c1cccc(C(=O)OC(CCC)CCCC)c1. The van der Waals surface area contributed by atoms with Gasteiger partial charge in [0.25, 0.3) is 0 Å². The Labute approximate surface area is 164 Å². The lowest BCUT2D eigenvalue weighted by Gasteiger charge is -2.17. The summed E-state index contributed by atoms with van der Waals surface area (Å²) in [5.74, 6) is -0.741. The van der Waals surface area contributed by atoms with Crippen LogP contribution in [0, 0.1) is 0 Å². The molecule has 0 saturated heterocycles. The molecule has 4 nitrogen and oxygen atoms in total. The smallest absolute Gasteiger partial charge is 0.338 e. The summed E-state index contributed by atoms with van der Waals surface area (Å²) in [5.41, 5.74) is 0.809. The van der Waals surface area contributed by atoms with E-state index < -0.39 is 0 Å². The predicted octanol–water partition coefficient (Wildman–Crippen LogP) is 6.33. The Morgan fingerprint density at radius 3 is 2.15 bits per heavy atom. The van der Waals surface area contributed by atoms with Crippen LogP contribution in [0.25, 0.3) is 0 Å². The maximum Gasteiger partial charge on any atom is 0.338 e. The van der Waals surface area contributed by atoms with Crippen LogP contribution < -0.4 is 0 Å². The van der Waals surface area contributed by atoms with Gasteiger partial charge in [-0.25, -0.2) is 9.59 Å². The van der Waals surface area contributed by atoms with Crippen molar-refractivity contribution >= 4 is 11.9 Å². The number of benzene rings is 1. The van der Waals surface area contributed by atoms with Gasteiger partial charge in [0, 0.05) is 0 Å². The highest BCUT2D eigenvalue weighted by Crippen LogP contribution is 2.15. The Hall–Kier alpha value is -1.84. The maximum absolute atomic E-state index is 12.5. The van der Waals surface area contributed by atoms with Crippen molar-refractivity contribution in [3.05, 3.63) is 35.4 Å². The average molecular weight is 377 g/mol. The van der Waals surface area contributed by atoms with E-state index in [-0.39, 0.29) is 18.0 Å². The van der Waals surface area contributed by atoms with Crippen molar-refractivity contribution in [2.24, 2.45) is 0 Å². The van der Waals surface area contributed by atoms with E-state index in [2.05, 4.69) is 20.8 Å². The molecule has 27 heavy (non-hydrogen) atoms. The Morgan fingerprint density at radius 1 is 0.815 bits per heavy atom. The molecule has 0 fully saturated rings. The Balaban J connectivity index is 2.55. The summed E-state index contributed by atoms with van der Waals surface area (Å²) >= 11 is 0. The number of rotatable bonds is 14. The van der Waals surface area contributed by atoms with Crippen LogP contribution in [0.5, 0.6) is 0 Å². The molecule has 1 aromatic carbocycles. The van der Waals surface area contributed by atoms with Crippen molar-refractivity contribution in [2.75, 3.05) is 6.61 Å². The van der Waals surface area contributed by atoms with Crippen LogP contribution in [0.15, 0.2) is 24.3 Å². The van der Waals surface area contributed by atoms with Gasteiger partial charge in [-0.3, -0.25) is 0 Å². The number of carbonyl (C=O) groups is 2. The molecule has 0 heterocycles. The Bertz CT molecular complexity index is 553. The highest BCUT2D eigenvalue weighted by Gasteiger charge is 2.17. The number of hydrogen-bond donors (Lipinski definition) is 0. The summed E-state index contributed by atoms with van der Waals surface area (Å²) in [6, 6.07) is 6.64. The van der Waals surface area contributed by atoms with Crippen molar-refractivity contribution < 1.29 is 19.1 Å².